The molecule has 0 fully saturated rings. The fourth-order valence-corrected chi connectivity index (χ4v) is 2.62. The normalized spacial score (nSPS) is 10.4. The zero-order chi connectivity index (χ0) is 17.1. The van der Waals surface area contributed by atoms with Crippen molar-refractivity contribution < 1.29 is 9.47 Å². The Hall–Kier alpha value is -3.28. The van der Waals surface area contributed by atoms with Gasteiger partial charge in [-0.25, -0.2) is 4.99 Å². The molecule has 0 bridgehead atoms. The number of methoxy groups -OCH3 is 2. The van der Waals surface area contributed by atoms with E-state index in [0.717, 1.165) is 21.9 Å². The van der Waals surface area contributed by atoms with E-state index in [2.05, 4.69) is 9.98 Å². The molecule has 1 aromatic heterocycles. The minimum atomic E-state index is 0.0338. The van der Waals surface area contributed by atoms with E-state index in [1.54, 1.807) is 14.2 Å². The van der Waals surface area contributed by atoms with Gasteiger partial charge in [-0.1, -0.05) is 24.3 Å². The molecule has 0 saturated carbocycles. The molecule has 0 saturated heterocycles. The summed E-state index contributed by atoms with van der Waals surface area (Å²) in [5.41, 5.74) is 13.5. The number of nitrogens with two attached hydrogens (primary N) is 2. The summed E-state index contributed by atoms with van der Waals surface area (Å²) in [6.07, 6.45) is 0. The number of nitrogens with zero attached hydrogens (tertiary/aromatic N) is 2. The SMILES string of the molecule is COc1ccc(-c2cccc3cc(N=C(N)N)ccc23)c(OC)n1. The number of hydrogen-bond acceptors (Lipinski definition) is 4. The summed E-state index contributed by atoms with van der Waals surface area (Å²) in [5, 5.41) is 2.07. The Balaban J connectivity index is 2.18. The molecule has 2 aromatic carbocycles. The van der Waals surface area contributed by atoms with Gasteiger partial charge in [-0.05, 0) is 34.5 Å². The van der Waals surface area contributed by atoms with Gasteiger partial charge in [0.25, 0.3) is 0 Å². The summed E-state index contributed by atoms with van der Waals surface area (Å²) in [5.74, 6) is 1.05. The zero-order valence-electron chi connectivity index (χ0n) is 13.5. The van der Waals surface area contributed by atoms with Crippen LogP contribution in [0.25, 0.3) is 21.9 Å². The van der Waals surface area contributed by atoms with Crippen LogP contribution >= 0.6 is 0 Å². The number of hydrogen-bond donors (Lipinski definition) is 2. The first kappa shape index (κ1) is 15.6. The van der Waals surface area contributed by atoms with E-state index in [9.17, 15) is 0 Å². The number of guanidine groups is 1. The fraction of sp³-hybridized carbons (Fsp3) is 0.111. The van der Waals surface area contributed by atoms with Crippen molar-refractivity contribution in [1.82, 2.24) is 4.98 Å². The van der Waals surface area contributed by atoms with Crippen LogP contribution in [0.1, 0.15) is 0 Å². The summed E-state index contributed by atoms with van der Waals surface area (Å²) in [6, 6.07) is 15.5. The van der Waals surface area contributed by atoms with Crippen LogP contribution in [0.4, 0.5) is 5.69 Å². The maximum atomic E-state index is 5.45. The third-order valence-electron chi connectivity index (χ3n) is 3.65. The highest BCUT2D eigenvalue weighted by molar-refractivity contribution is 5.99. The zero-order valence-corrected chi connectivity index (χ0v) is 13.5. The minimum absolute atomic E-state index is 0.0338. The quantitative estimate of drug-likeness (QED) is 0.569. The second-order valence-corrected chi connectivity index (χ2v) is 5.16. The van der Waals surface area contributed by atoms with Crippen LogP contribution in [0.5, 0.6) is 11.8 Å². The summed E-state index contributed by atoms with van der Waals surface area (Å²) < 4.78 is 10.6. The number of ether oxygens (including phenoxy) is 2. The second-order valence-electron chi connectivity index (χ2n) is 5.16. The van der Waals surface area contributed by atoms with Crippen LogP contribution in [0.2, 0.25) is 0 Å². The predicted octanol–water partition coefficient (Wildman–Crippen LogP) is 2.82. The molecule has 6 nitrogen and oxygen atoms in total. The lowest BCUT2D eigenvalue weighted by Gasteiger charge is -2.12. The fourth-order valence-electron chi connectivity index (χ4n) is 2.62. The number of aliphatic imine (C=N–C) groups is 1. The van der Waals surface area contributed by atoms with E-state index in [1.807, 2.05) is 48.5 Å². The van der Waals surface area contributed by atoms with E-state index in [-0.39, 0.29) is 5.96 Å². The summed E-state index contributed by atoms with van der Waals surface area (Å²) in [6.45, 7) is 0. The molecule has 3 rings (SSSR count). The van der Waals surface area contributed by atoms with Gasteiger partial charge in [0, 0.05) is 11.6 Å². The van der Waals surface area contributed by atoms with Crippen LogP contribution in [0, 0.1) is 0 Å². The molecule has 0 radical (unpaired) electrons. The molecule has 24 heavy (non-hydrogen) atoms. The average Bonchev–Trinajstić information content (AvgIpc) is 2.60. The Morgan fingerprint density at radius 3 is 2.50 bits per heavy atom. The molecule has 4 N–H and O–H groups in total. The number of aromatic nitrogens is 1. The second kappa shape index (κ2) is 6.45. The molecule has 0 aliphatic carbocycles. The Labute approximate surface area is 139 Å². The number of pyridine rings is 1. The molecule has 0 amide bonds. The van der Waals surface area contributed by atoms with Crippen LogP contribution in [-0.2, 0) is 0 Å². The highest BCUT2D eigenvalue weighted by atomic mass is 16.5. The summed E-state index contributed by atoms with van der Waals surface area (Å²) in [4.78, 5) is 8.44. The van der Waals surface area contributed by atoms with Crippen LogP contribution < -0.4 is 20.9 Å². The van der Waals surface area contributed by atoms with Gasteiger partial charge < -0.3 is 20.9 Å². The lowest BCUT2D eigenvalue weighted by Crippen LogP contribution is -2.21. The van der Waals surface area contributed by atoms with E-state index in [4.69, 9.17) is 20.9 Å². The predicted molar refractivity (Wildman–Crippen MR) is 95.8 cm³/mol. The minimum Gasteiger partial charge on any atom is -0.481 e. The van der Waals surface area contributed by atoms with Crippen molar-refractivity contribution in [2.75, 3.05) is 14.2 Å². The smallest absolute Gasteiger partial charge is 0.224 e. The van der Waals surface area contributed by atoms with Crippen molar-refractivity contribution in [2.45, 2.75) is 0 Å². The molecule has 0 aliphatic heterocycles. The Morgan fingerprint density at radius 1 is 0.958 bits per heavy atom. The molecule has 1 heterocycles. The van der Waals surface area contributed by atoms with E-state index in [1.165, 1.54) is 0 Å². The molecule has 122 valence electrons. The van der Waals surface area contributed by atoms with Crippen molar-refractivity contribution in [3.63, 3.8) is 0 Å². The lowest BCUT2D eigenvalue weighted by molar-refractivity contribution is 0.366. The van der Waals surface area contributed by atoms with E-state index < -0.39 is 0 Å². The number of rotatable bonds is 4. The van der Waals surface area contributed by atoms with Gasteiger partial charge in [-0.15, -0.1) is 0 Å². The van der Waals surface area contributed by atoms with Gasteiger partial charge in [-0.3, -0.25) is 0 Å². The van der Waals surface area contributed by atoms with Crippen LogP contribution in [-0.4, -0.2) is 25.2 Å². The number of fused-ring (bicyclic) bond motifs is 1. The van der Waals surface area contributed by atoms with Gasteiger partial charge >= 0.3 is 0 Å². The van der Waals surface area contributed by atoms with Crippen molar-refractivity contribution >= 4 is 22.4 Å². The number of benzene rings is 2. The van der Waals surface area contributed by atoms with Crippen molar-refractivity contribution in [3.05, 3.63) is 48.5 Å². The Bertz CT molecular complexity index is 918. The molecule has 0 spiro atoms. The first-order valence-corrected chi connectivity index (χ1v) is 7.34. The largest absolute Gasteiger partial charge is 0.481 e. The van der Waals surface area contributed by atoms with Crippen LogP contribution in [0.15, 0.2) is 53.5 Å². The molecule has 0 unspecified atom stereocenters. The monoisotopic (exact) mass is 322 g/mol. The van der Waals surface area contributed by atoms with Gasteiger partial charge in [-0.2, -0.15) is 4.98 Å². The molecule has 0 atom stereocenters. The molecular weight excluding hydrogens is 304 g/mol. The Morgan fingerprint density at radius 2 is 1.79 bits per heavy atom. The standard InChI is InChI=1S/C18H18N4O2/c1-23-16-9-8-15(17(22-16)24-2)14-5-3-4-11-10-12(21-18(19)20)6-7-13(11)14/h3-10H,1-2H3,(H4,19,20,21). The van der Waals surface area contributed by atoms with Gasteiger partial charge in [0.05, 0.1) is 19.9 Å². The van der Waals surface area contributed by atoms with Gasteiger partial charge in [0.1, 0.15) is 0 Å². The Kier molecular flexibility index (Phi) is 4.20. The molecule has 0 aliphatic rings. The summed E-state index contributed by atoms with van der Waals surface area (Å²) in [7, 11) is 3.16. The first-order valence-electron chi connectivity index (χ1n) is 7.34. The van der Waals surface area contributed by atoms with Crippen molar-refractivity contribution in [2.24, 2.45) is 16.5 Å². The molecule has 3 aromatic rings. The highest BCUT2D eigenvalue weighted by Gasteiger charge is 2.12. The van der Waals surface area contributed by atoms with E-state index >= 15 is 0 Å². The lowest BCUT2D eigenvalue weighted by atomic mass is 9.98. The third-order valence-corrected chi connectivity index (χ3v) is 3.65. The maximum Gasteiger partial charge on any atom is 0.224 e. The summed E-state index contributed by atoms with van der Waals surface area (Å²) >= 11 is 0. The van der Waals surface area contributed by atoms with Crippen molar-refractivity contribution in [1.29, 1.82) is 0 Å². The third kappa shape index (κ3) is 2.94. The van der Waals surface area contributed by atoms with Gasteiger partial charge in [0.15, 0.2) is 5.96 Å². The molecule has 6 heteroatoms. The molecular formula is C18H18N4O2. The first-order chi connectivity index (χ1) is 11.6. The topological polar surface area (TPSA) is 95.8 Å². The average molecular weight is 322 g/mol. The highest BCUT2D eigenvalue weighted by Crippen LogP contribution is 2.36. The van der Waals surface area contributed by atoms with E-state index in [0.29, 0.717) is 17.4 Å². The van der Waals surface area contributed by atoms with Crippen LogP contribution in [0.3, 0.4) is 0 Å². The van der Waals surface area contributed by atoms with Crippen molar-refractivity contribution in [3.8, 4) is 22.9 Å². The van der Waals surface area contributed by atoms with Gasteiger partial charge in [0.2, 0.25) is 11.8 Å². The maximum absolute atomic E-state index is 5.45.